The first kappa shape index (κ1) is 16.3. The molecule has 2 aromatic rings. The van der Waals surface area contributed by atoms with E-state index >= 15 is 0 Å². The Labute approximate surface area is 147 Å². The summed E-state index contributed by atoms with van der Waals surface area (Å²) in [6.07, 6.45) is 1.56. The molecule has 0 unspecified atom stereocenters. The molecule has 0 saturated carbocycles. The van der Waals surface area contributed by atoms with E-state index in [-0.39, 0.29) is 5.91 Å². The third-order valence-corrected chi connectivity index (χ3v) is 3.98. The predicted octanol–water partition coefficient (Wildman–Crippen LogP) is 2.99. The van der Waals surface area contributed by atoms with Gasteiger partial charge in [-0.3, -0.25) is 4.79 Å². The number of hydrogen-bond acceptors (Lipinski definition) is 5. The minimum Gasteiger partial charge on any atom is -0.496 e. The maximum absolute atomic E-state index is 12.1. The van der Waals surface area contributed by atoms with Gasteiger partial charge in [-0.15, -0.1) is 0 Å². The monoisotopic (exact) mass is 390 g/mol. The van der Waals surface area contributed by atoms with E-state index in [0.29, 0.717) is 30.3 Å². The molecule has 0 spiro atoms. The first-order chi connectivity index (χ1) is 11.7. The molecule has 7 heteroatoms. The van der Waals surface area contributed by atoms with Crippen LogP contribution < -0.4 is 19.6 Å². The number of rotatable bonds is 4. The van der Waals surface area contributed by atoms with E-state index in [2.05, 4.69) is 26.5 Å². The summed E-state index contributed by atoms with van der Waals surface area (Å²) in [4.78, 5) is 12.1. The summed E-state index contributed by atoms with van der Waals surface area (Å²) < 4.78 is 16.9. The second kappa shape index (κ2) is 7.35. The lowest BCUT2D eigenvalue weighted by molar-refractivity contribution is 0.0954. The van der Waals surface area contributed by atoms with Gasteiger partial charge in [-0.2, -0.15) is 5.10 Å². The van der Waals surface area contributed by atoms with Crippen molar-refractivity contribution >= 4 is 28.1 Å². The Balaban J connectivity index is 1.66. The molecule has 1 N–H and O–H groups in total. The van der Waals surface area contributed by atoms with Gasteiger partial charge in [0, 0.05) is 5.56 Å². The van der Waals surface area contributed by atoms with Gasteiger partial charge in [0.2, 0.25) is 0 Å². The third-order valence-electron chi connectivity index (χ3n) is 3.36. The smallest absolute Gasteiger partial charge is 0.271 e. The van der Waals surface area contributed by atoms with Gasteiger partial charge in [0.25, 0.3) is 5.91 Å². The molecule has 1 aliphatic rings. The second-order valence-corrected chi connectivity index (χ2v) is 5.81. The molecule has 1 amide bonds. The van der Waals surface area contributed by atoms with Crippen LogP contribution in [-0.4, -0.2) is 32.4 Å². The molecule has 0 fully saturated rings. The van der Waals surface area contributed by atoms with Crippen molar-refractivity contribution in [2.75, 3.05) is 20.3 Å². The molecule has 2 aromatic carbocycles. The average molecular weight is 391 g/mol. The summed E-state index contributed by atoms with van der Waals surface area (Å²) >= 11 is 3.40. The van der Waals surface area contributed by atoms with Crippen molar-refractivity contribution in [2.24, 2.45) is 5.10 Å². The zero-order valence-corrected chi connectivity index (χ0v) is 14.5. The van der Waals surface area contributed by atoms with Crippen LogP contribution in [0.1, 0.15) is 15.9 Å². The van der Waals surface area contributed by atoms with E-state index in [9.17, 15) is 4.79 Å². The number of amides is 1. The third kappa shape index (κ3) is 3.68. The van der Waals surface area contributed by atoms with Crippen LogP contribution >= 0.6 is 15.9 Å². The Hall–Kier alpha value is -2.54. The van der Waals surface area contributed by atoms with Gasteiger partial charge in [0.15, 0.2) is 11.5 Å². The van der Waals surface area contributed by atoms with Crippen LogP contribution in [0, 0.1) is 0 Å². The quantitative estimate of drug-likeness (QED) is 0.643. The maximum Gasteiger partial charge on any atom is 0.271 e. The lowest BCUT2D eigenvalue weighted by Gasteiger charge is -2.18. The molecule has 0 saturated heterocycles. The number of carbonyl (C=O) groups excluding carboxylic acids is 1. The first-order valence-electron chi connectivity index (χ1n) is 7.24. The van der Waals surface area contributed by atoms with Gasteiger partial charge in [-0.1, -0.05) is 0 Å². The van der Waals surface area contributed by atoms with E-state index in [1.54, 1.807) is 31.5 Å². The minimum atomic E-state index is -0.323. The molecule has 1 aliphatic heterocycles. The number of fused-ring (bicyclic) bond motifs is 1. The Kier molecular flexibility index (Phi) is 5.00. The van der Waals surface area contributed by atoms with Crippen LogP contribution in [0.3, 0.4) is 0 Å². The number of carbonyl (C=O) groups is 1. The van der Waals surface area contributed by atoms with Gasteiger partial charge >= 0.3 is 0 Å². The summed E-state index contributed by atoms with van der Waals surface area (Å²) in [6.45, 7) is 0.989. The number of nitrogens with zero attached hydrogens (tertiary/aromatic N) is 1. The van der Waals surface area contributed by atoms with Gasteiger partial charge in [-0.25, -0.2) is 5.43 Å². The van der Waals surface area contributed by atoms with E-state index in [0.717, 1.165) is 15.8 Å². The molecular weight excluding hydrogens is 376 g/mol. The largest absolute Gasteiger partial charge is 0.496 e. The predicted molar refractivity (Wildman–Crippen MR) is 93.2 cm³/mol. The normalized spacial score (nSPS) is 12.9. The summed E-state index contributed by atoms with van der Waals surface area (Å²) in [5.74, 6) is 1.62. The number of hydrogen-bond donors (Lipinski definition) is 1. The topological polar surface area (TPSA) is 69.2 Å². The van der Waals surface area contributed by atoms with E-state index in [1.807, 2.05) is 18.2 Å². The Morgan fingerprint density at radius 1 is 1.21 bits per heavy atom. The van der Waals surface area contributed by atoms with Crippen LogP contribution in [0.5, 0.6) is 17.2 Å². The van der Waals surface area contributed by atoms with Gasteiger partial charge < -0.3 is 14.2 Å². The lowest BCUT2D eigenvalue weighted by Crippen LogP contribution is -2.19. The highest BCUT2D eigenvalue weighted by molar-refractivity contribution is 9.10. The number of methoxy groups -OCH3 is 1. The van der Waals surface area contributed by atoms with Gasteiger partial charge in [0.1, 0.15) is 19.0 Å². The summed E-state index contributed by atoms with van der Waals surface area (Å²) in [7, 11) is 1.60. The zero-order valence-electron chi connectivity index (χ0n) is 12.9. The Bertz CT molecular complexity index is 792. The van der Waals surface area contributed by atoms with Crippen molar-refractivity contribution in [3.05, 3.63) is 52.0 Å². The fourth-order valence-corrected chi connectivity index (χ4v) is 2.74. The molecule has 6 nitrogen and oxygen atoms in total. The maximum atomic E-state index is 12.1. The molecule has 0 atom stereocenters. The molecule has 3 rings (SSSR count). The SMILES string of the molecule is COc1ccc(/C=N\NC(=O)c2ccc3c(c2)OCCO3)cc1Br. The summed E-state index contributed by atoms with van der Waals surface area (Å²) in [6, 6.07) is 10.5. The molecule has 0 aromatic heterocycles. The Morgan fingerprint density at radius 3 is 2.75 bits per heavy atom. The number of benzene rings is 2. The summed E-state index contributed by atoms with van der Waals surface area (Å²) in [5.41, 5.74) is 3.77. The second-order valence-electron chi connectivity index (χ2n) is 4.95. The first-order valence-corrected chi connectivity index (χ1v) is 8.03. The highest BCUT2D eigenvalue weighted by Crippen LogP contribution is 2.30. The van der Waals surface area contributed by atoms with Gasteiger partial charge in [-0.05, 0) is 57.9 Å². The van der Waals surface area contributed by atoms with Crippen LogP contribution in [0.2, 0.25) is 0 Å². The molecule has 0 aliphatic carbocycles. The van der Waals surface area contributed by atoms with Crippen molar-refractivity contribution in [3.8, 4) is 17.2 Å². The van der Waals surface area contributed by atoms with E-state index in [1.165, 1.54) is 0 Å². The van der Waals surface area contributed by atoms with Crippen LogP contribution in [0.25, 0.3) is 0 Å². The van der Waals surface area contributed by atoms with Crippen molar-refractivity contribution in [1.29, 1.82) is 0 Å². The molecule has 1 heterocycles. The minimum absolute atomic E-state index is 0.323. The molecule has 0 radical (unpaired) electrons. The number of nitrogens with one attached hydrogen (secondary N) is 1. The van der Waals surface area contributed by atoms with Crippen LogP contribution in [0.4, 0.5) is 0 Å². The standard InChI is InChI=1S/C17H15BrN2O4/c1-22-14-4-2-11(8-13(14)18)10-19-20-17(21)12-3-5-15-16(9-12)24-7-6-23-15/h2-5,8-10H,6-7H2,1H3,(H,20,21)/b19-10-. The number of halogens is 1. The van der Waals surface area contributed by atoms with Gasteiger partial charge in [0.05, 0.1) is 17.8 Å². The molecule has 124 valence electrons. The summed E-state index contributed by atoms with van der Waals surface area (Å²) in [5, 5.41) is 3.97. The highest BCUT2D eigenvalue weighted by atomic mass is 79.9. The Morgan fingerprint density at radius 2 is 2.00 bits per heavy atom. The number of hydrazone groups is 1. The van der Waals surface area contributed by atoms with E-state index in [4.69, 9.17) is 14.2 Å². The fourth-order valence-electron chi connectivity index (χ4n) is 2.18. The highest BCUT2D eigenvalue weighted by Gasteiger charge is 2.14. The lowest BCUT2D eigenvalue weighted by atomic mass is 10.2. The molecule has 24 heavy (non-hydrogen) atoms. The van der Waals surface area contributed by atoms with Crippen molar-refractivity contribution in [1.82, 2.24) is 5.43 Å². The number of ether oxygens (including phenoxy) is 3. The average Bonchev–Trinajstić information content (AvgIpc) is 2.61. The van der Waals surface area contributed by atoms with Crippen LogP contribution in [0.15, 0.2) is 46.0 Å². The molecular formula is C17H15BrN2O4. The zero-order chi connectivity index (χ0) is 16.9. The molecule has 0 bridgehead atoms. The van der Waals surface area contributed by atoms with Crippen molar-refractivity contribution in [2.45, 2.75) is 0 Å². The van der Waals surface area contributed by atoms with Crippen molar-refractivity contribution in [3.63, 3.8) is 0 Å². The fraction of sp³-hybridized carbons (Fsp3) is 0.176. The van der Waals surface area contributed by atoms with Crippen LogP contribution in [-0.2, 0) is 0 Å². The van der Waals surface area contributed by atoms with E-state index < -0.39 is 0 Å². The van der Waals surface area contributed by atoms with Crippen molar-refractivity contribution < 1.29 is 19.0 Å².